The van der Waals surface area contributed by atoms with E-state index in [4.69, 9.17) is 20.4 Å². The Labute approximate surface area is 254 Å². The van der Waals surface area contributed by atoms with Crippen LogP contribution < -0.4 is 26.2 Å². The second-order valence-corrected chi connectivity index (χ2v) is 14.8. The number of pyridine rings is 1. The number of nitrogens with zero attached hydrogens (tertiary/aromatic N) is 6. The van der Waals surface area contributed by atoms with Gasteiger partial charge in [0.1, 0.15) is 6.17 Å². The molecule has 0 saturated carbocycles. The first-order chi connectivity index (χ1) is 20.8. The molecule has 4 atom stereocenters. The van der Waals surface area contributed by atoms with Gasteiger partial charge >= 0.3 is 224 Å². The van der Waals surface area contributed by atoms with Crippen molar-refractivity contribution in [3.63, 3.8) is 0 Å². The first-order valence-electron chi connectivity index (χ1n) is 15.0. The van der Waals surface area contributed by atoms with Crippen molar-refractivity contribution >= 4 is 45.6 Å². The predicted octanol–water partition coefficient (Wildman–Crippen LogP) is 2.56. The SMILES string of the molecule is Cn1c(=O)c(-c2cccc3[se]c(N)c(C#N)c23)cc2nc(OC[C@@]34CCCN3C[C@H](F)C4)nc(N3C[C@H]4CC[C@@H](C3)N4)c21. The molecule has 3 N–H and O–H groups in total. The van der Waals surface area contributed by atoms with Gasteiger partial charge in [0.25, 0.3) is 0 Å². The fourth-order valence-electron chi connectivity index (χ4n) is 7.94. The summed E-state index contributed by atoms with van der Waals surface area (Å²) in [5, 5.41) is 14.3. The summed E-state index contributed by atoms with van der Waals surface area (Å²) in [6.07, 6.45) is 3.76. The van der Waals surface area contributed by atoms with E-state index in [9.17, 15) is 14.4 Å². The van der Waals surface area contributed by atoms with Crippen LogP contribution in [-0.4, -0.2) is 90.5 Å². The Morgan fingerprint density at radius 1 is 1.23 bits per heavy atom. The van der Waals surface area contributed by atoms with Gasteiger partial charge in [-0.15, -0.1) is 0 Å². The summed E-state index contributed by atoms with van der Waals surface area (Å²) >= 11 is -0.164. The third-order valence-electron chi connectivity index (χ3n) is 9.92. The summed E-state index contributed by atoms with van der Waals surface area (Å²) in [5.74, 6) is 0.684. The summed E-state index contributed by atoms with van der Waals surface area (Å²) in [7, 11) is 1.76. The van der Waals surface area contributed by atoms with E-state index in [-0.39, 0.29) is 31.6 Å². The van der Waals surface area contributed by atoms with Crippen LogP contribution in [0, 0.1) is 11.3 Å². The van der Waals surface area contributed by atoms with Gasteiger partial charge in [0, 0.05) is 6.54 Å². The van der Waals surface area contributed by atoms with E-state index in [0.29, 0.717) is 69.8 Å². The van der Waals surface area contributed by atoms with E-state index in [2.05, 4.69) is 21.2 Å². The first-order valence-corrected chi connectivity index (χ1v) is 16.7. The number of nitrogens with two attached hydrogens (primary N) is 1. The van der Waals surface area contributed by atoms with Crippen LogP contribution in [0.3, 0.4) is 0 Å². The summed E-state index contributed by atoms with van der Waals surface area (Å²) in [6, 6.07) is 10.8. The molecule has 0 spiro atoms. The second-order valence-electron chi connectivity index (χ2n) is 12.5. The predicted molar refractivity (Wildman–Crippen MR) is 164 cm³/mol. The summed E-state index contributed by atoms with van der Waals surface area (Å²) in [6.45, 7) is 3.23. The Morgan fingerprint density at radius 3 is 2.84 bits per heavy atom. The molecule has 4 fully saturated rings. The van der Waals surface area contributed by atoms with Crippen LogP contribution in [0.5, 0.6) is 6.01 Å². The van der Waals surface area contributed by atoms with E-state index < -0.39 is 6.17 Å². The molecule has 4 saturated heterocycles. The van der Waals surface area contributed by atoms with Crippen molar-refractivity contribution in [2.45, 2.75) is 55.9 Å². The molecule has 0 amide bonds. The zero-order valence-electron chi connectivity index (χ0n) is 24.0. The van der Waals surface area contributed by atoms with Gasteiger partial charge in [-0.2, -0.15) is 0 Å². The Bertz CT molecular complexity index is 1870. The number of aromatic nitrogens is 3. The molecule has 4 aliphatic rings. The van der Waals surface area contributed by atoms with Gasteiger partial charge in [-0.3, -0.25) is 0 Å². The normalized spacial score (nSPS) is 26.8. The minimum atomic E-state index is -0.847. The van der Waals surface area contributed by atoms with Crippen LogP contribution in [0.1, 0.15) is 37.7 Å². The van der Waals surface area contributed by atoms with Gasteiger partial charge in [0.15, 0.2) is 0 Å². The molecule has 1 aromatic carbocycles. The van der Waals surface area contributed by atoms with Crippen LogP contribution in [0.4, 0.5) is 14.8 Å². The van der Waals surface area contributed by atoms with Crippen molar-refractivity contribution in [2.75, 3.05) is 43.4 Å². The number of rotatable bonds is 5. The molecule has 4 aliphatic heterocycles. The van der Waals surface area contributed by atoms with Crippen molar-refractivity contribution in [1.29, 1.82) is 5.26 Å². The quantitative estimate of drug-likeness (QED) is 0.315. The molecule has 10 nitrogen and oxygen atoms in total. The standard InChI is InChI=1S/C31H33FN8O2Se/c1-38-26-23(10-21(29(38)41)20-4-2-5-24-25(20)22(12-33)27(34)43-24)36-30(37-28(26)39-14-18-6-7-19(15-39)35-18)42-16-31-8-3-9-40(31)13-17(32)11-31/h2,4-5,10,17-19,35H,3,6-9,11,13-16,34H2,1H3/t17-,18-,19+,31+/m1/s1. The zero-order valence-corrected chi connectivity index (χ0v) is 25.7. The molecule has 222 valence electrons. The average molecular weight is 648 g/mol. The minimum absolute atomic E-state index is 0.164. The van der Waals surface area contributed by atoms with Gasteiger partial charge in [-0.25, -0.2) is 4.39 Å². The zero-order chi connectivity index (χ0) is 29.5. The van der Waals surface area contributed by atoms with Crippen LogP contribution in [0.2, 0.25) is 0 Å². The Balaban J connectivity index is 1.28. The van der Waals surface area contributed by atoms with Crippen molar-refractivity contribution in [2.24, 2.45) is 7.05 Å². The summed E-state index contributed by atoms with van der Waals surface area (Å²) in [5.41, 5.74) is 8.57. The number of piperazine rings is 1. The van der Waals surface area contributed by atoms with Gasteiger partial charge in [0.2, 0.25) is 0 Å². The van der Waals surface area contributed by atoms with Crippen LogP contribution in [0.25, 0.3) is 31.8 Å². The second kappa shape index (κ2) is 10.0. The first kappa shape index (κ1) is 27.1. The number of nitriles is 1. The van der Waals surface area contributed by atoms with Gasteiger partial charge in [-0.05, 0) is 13.0 Å². The monoisotopic (exact) mass is 648 g/mol. The van der Waals surface area contributed by atoms with Gasteiger partial charge < -0.3 is 0 Å². The molecule has 0 unspecified atom stereocenters. The number of nitrogens with one attached hydrogen (secondary N) is 1. The maximum atomic E-state index is 14.5. The molecular formula is C31H33FN8O2Se. The summed E-state index contributed by atoms with van der Waals surface area (Å²) < 4.78 is 24.0. The number of nitrogen functional groups attached to an aromatic ring is 1. The van der Waals surface area contributed by atoms with Gasteiger partial charge in [-0.1, -0.05) is 0 Å². The number of ether oxygens (including phenoxy) is 1. The Hall–Kier alpha value is -3.49. The number of aryl methyl sites for hydroxylation is 1. The van der Waals surface area contributed by atoms with E-state index in [1.54, 1.807) is 11.6 Å². The number of hydrogen-bond acceptors (Lipinski definition) is 9. The molecular weight excluding hydrogens is 614 g/mol. The molecule has 3 aromatic heterocycles. The van der Waals surface area contributed by atoms with Crippen LogP contribution in [0.15, 0.2) is 29.1 Å². The fraction of sp³-hybridized carbons (Fsp3) is 0.484. The fourth-order valence-corrected chi connectivity index (χ4v) is 9.93. The number of halogens is 1. The molecule has 8 rings (SSSR count). The van der Waals surface area contributed by atoms with E-state index >= 15 is 0 Å². The maximum absolute atomic E-state index is 14.5. The van der Waals surface area contributed by atoms with Gasteiger partial charge in [0.05, 0.1) is 0 Å². The van der Waals surface area contributed by atoms with E-state index in [0.717, 1.165) is 55.0 Å². The molecule has 2 bridgehead atoms. The molecule has 12 heteroatoms. The number of benzene rings is 1. The Morgan fingerprint density at radius 2 is 2.05 bits per heavy atom. The molecule has 43 heavy (non-hydrogen) atoms. The molecule has 0 radical (unpaired) electrons. The van der Waals surface area contributed by atoms with E-state index in [1.165, 1.54) is 0 Å². The number of alkyl halides is 1. The van der Waals surface area contributed by atoms with Crippen LogP contribution >= 0.6 is 0 Å². The Kier molecular flexibility index (Phi) is 6.32. The number of anilines is 2. The van der Waals surface area contributed by atoms with Crippen molar-refractivity contribution in [3.05, 3.63) is 40.2 Å². The number of fused-ring (bicyclic) bond motifs is 5. The van der Waals surface area contributed by atoms with E-state index in [1.807, 2.05) is 24.3 Å². The third kappa shape index (κ3) is 4.28. The molecule has 0 aliphatic carbocycles. The summed E-state index contributed by atoms with van der Waals surface area (Å²) in [4.78, 5) is 28.3. The van der Waals surface area contributed by atoms with Crippen molar-refractivity contribution < 1.29 is 9.13 Å². The molecule has 7 heterocycles. The molecule has 4 aromatic rings. The van der Waals surface area contributed by atoms with Crippen molar-refractivity contribution in [3.8, 4) is 23.2 Å². The van der Waals surface area contributed by atoms with Crippen LogP contribution in [-0.2, 0) is 7.05 Å². The number of hydrogen-bond donors (Lipinski definition) is 2. The topological polar surface area (TPSA) is 125 Å². The third-order valence-corrected chi connectivity index (χ3v) is 12.0. The van der Waals surface area contributed by atoms with Crippen molar-refractivity contribution in [1.82, 2.24) is 24.8 Å². The average Bonchev–Trinajstić information content (AvgIpc) is 3.72.